The summed E-state index contributed by atoms with van der Waals surface area (Å²) in [5, 5.41) is 16.1. The summed E-state index contributed by atoms with van der Waals surface area (Å²) >= 11 is 7.18. The second-order valence-electron chi connectivity index (χ2n) is 6.53. The minimum Gasteiger partial charge on any atom is -0.456 e. The molecule has 0 unspecified atom stereocenters. The van der Waals surface area contributed by atoms with Crippen molar-refractivity contribution in [1.29, 1.82) is 0 Å². The minimum absolute atomic E-state index is 0.0553. The smallest absolute Gasteiger partial charge is 0.291 e. The van der Waals surface area contributed by atoms with Gasteiger partial charge in [0.25, 0.3) is 11.2 Å². The lowest BCUT2D eigenvalue weighted by Gasteiger charge is -1.98. The van der Waals surface area contributed by atoms with E-state index in [1.807, 2.05) is 6.07 Å². The summed E-state index contributed by atoms with van der Waals surface area (Å²) in [4.78, 5) is 28.4. The second-order valence-corrected chi connectivity index (χ2v) is 7.98. The Balaban J connectivity index is 1.53. The summed E-state index contributed by atoms with van der Waals surface area (Å²) in [5.74, 6) is 1.15. The van der Waals surface area contributed by atoms with Crippen molar-refractivity contribution in [1.82, 2.24) is 14.6 Å². The van der Waals surface area contributed by atoms with E-state index in [2.05, 4.69) is 10.1 Å². The molecule has 0 spiro atoms. The predicted molar refractivity (Wildman–Crippen MR) is 117 cm³/mol. The molecule has 0 saturated heterocycles. The number of fused-ring (bicyclic) bond motifs is 1. The molecule has 0 bridgehead atoms. The number of para-hydroxylation sites is 1. The first-order chi connectivity index (χ1) is 15.0. The Labute approximate surface area is 182 Å². The van der Waals surface area contributed by atoms with Crippen LogP contribution in [0.5, 0.6) is 0 Å². The van der Waals surface area contributed by atoms with Gasteiger partial charge in [0, 0.05) is 22.7 Å². The van der Waals surface area contributed by atoms with Gasteiger partial charge in [0.2, 0.25) is 4.96 Å². The molecular weight excluding hydrogens is 440 g/mol. The quantitative estimate of drug-likeness (QED) is 0.300. The highest BCUT2D eigenvalue weighted by atomic mass is 35.5. The normalized spacial score (nSPS) is 12.0. The monoisotopic (exact) mass is 450 g/mol. The lowest BCUT2D eigenvalue weighted by Crippen LogP contribution is -2.23. The van der Waals surface area contributed by atoms with Crippen molar-refractivity contribution in [2.75, 3.05) is 0 Å². The maximum atomic E-state index is 12.7. The van der Waals surface area contributed by atoms with Gasteiger partial charge in [0.1, 0.15) is 16.1 Å². The molecular formula is C21H11ClN4O4S. The maximum Gasteiger partial charge on any atom is 0.291 e. The van der Waals surface area contributed by atoms with Crippen molar-refractivity contribution in [3.8, 4) is 22.7 Å². The lowest BCUT2D eigenvalue weighted by molar-refractivity contribution is -0.384. The molecule has 2 aromatic carbocycles. The zero-order valence-electron chi connectivity index (χ0n) is 15.6. The molecule has 0 fully saturated rings. The molecule has 31 heavy (non-hydrogen) atoms. The first-order valence-corrected chi connectivity index (χ1v) is 10.2. The highest BCUT2D eigenvalue weighted by Gasteiger charge is 2.17. The third-order valence-corrected chi connectivity index (χ3v) is 5.73. The Hall–Kier alpha value is -3.82. The predicted octanol–water partition coefficient (Wildman–Crippen LogP) is 4.19. The molecule has 0 saturated carbocycles. The maximum absolute atomic E-state index is 12.7. The molecule has 0 atom stereocenters. The van der Waals surface area contributed by atoms with E-state index in [1.165, 1.54) is 21.9 Å². The van der Waals surface area contributed by atoms with E-state index in [0.29, 0.717) is 43.0 Å². The summed E-state index contributed by atoms with van der Waals surface area (Å²) in [5.41, 5.74) is 0.696. The van der Waals surface area contributed by atoms with E-state index in [4.69, 9.17) is 16.0 Å². The van der Waals surface area contributed by atoms with Gasteiger partial charge in [-0.2, -0.15) is 9.50 Å². The van der Waals surface area contributed by atoms with Gasteiger partial charge in [-0.25, -0.2) is 0 Å². The lowest BCUT2D eigenvalue weighted by atomic mass is 10.1. The van der Waals surface area contributed by atoms with Gasteiger partial charge in [-0.05, 0) is 30.3 Å². The van der Waals surface area contributed by atoms with E-state index in [1.54, 1.807) is 54.6 Å². The Morgan fingerprint density at radius 3 is 2.74 bits per heavy atom. The number of hydrogen-bond donors (Lipinski definition) is 0. The van der Waals surface area contributed by atoms with Gasteiger partial charge in [-0.1, -0.05) is 47.2 Å². The summed E-state index contributed by atoms with van der Waals surface area (Å²) < 4.78 is 7.36. The minimum atomic E-state index is -0.464. The topological polar surface area (TPSA) is 104 Å². The largest absolute Gasteiger partial charge is 0.456 e. The van der Waals surface area contributed by atoms with Crippen LogP contribution in [0.25, 0.3) is 33.7 Å². The SMILES string of the molecule is O=c1/c(=C/c2ccc(-c3ccccc3[N+](=O)[O-])o2)sc2nc(-c3cccc(Cl)c3)nn12. The summed E-state index contributed by atoms with van der Waals surface area (Å²) in [6, 6.07) is 16.7. The molecule has 8 nitrogen and oxygen atoms in total. The molecule has 3 aromatic heterocycles. The zero-order valence-corrected chi connectivity index (χ0v) is 17.1. The molecule has 0 aliphatic carbocycles. The first-order valence-electron chi connectivity index (χ1n) is 9.00. The van der Waals surface area contributed by atoms with Crippen LogP contribution in [0.2, 0.25) is 5.02 Å². The third kappa shape index (κ3) is 3.49. The second kappa shape index (κ2) is 7.46. The highest BCUT2D eigenvalue weighted by molar-refractivity contribution is 7.15. The Kier molecular flexibility index (Phi) is 4.61. The number of hydrogen-bond acceptors (Lipinski definition) is 7. The van der Waals surface area contributed by atoms with Crippen molar-refractivity contribution in [3.63, 3.8) is 0 Å². The molecule has 0 aliphatic rings. The molecule has 5 rings (SSSR count). The number of rotatable bonds is 4. The molecule has 152 valence electrons. The Bertz CT molecular complexity index is 1570. The number of aromatic nitrogens is 3. The number of nitrogens with zero attached hydrogens (tertiary/aromatic N) is 4. The van der Waals surface area contributed by atoms with Crippen LogP contribution in [-0.2, 0) is 0 Å². The van der Waals surface area contributed by atoms with E-state index < -0.39 is 4.92 Å². The van der Waals surface area contributed by atoms with Gasteiger partial charge in [-0.3, -0.25) is 14.9 Å². The van der Waals surface area contributed by atoms with Gasteiger partial charge in [0.05, 0.1) is 10.5 Å². The van der Waals surface area contributed by atoms with E-state index in [-0.39, 0.29) is 11.2 Å². The van der Waals surface area contributed by atoms with E-state index in [9.17, 15) is 14.9 Å². The van der Waals surface area contributed by atoms with E-state index in [0.717, 1.165) is 0 Å². The van der Waals surface area contributed by atoms with E-state index >= 15 is 0 Å². The number of nitro groups is 1. The fraction of sp³-hybridized carbons (Fsp3) is 0. The molecule has 3 heterocycles. The summed E-state index contributed by atoms with van der Waals surface area (Å²) in [6.07, 6.45) is 1.57. The van der Waals surface area contributed by atoms with Crippen molar-refractivity contribution >= 4 is 39.7 Å². The van der Waals surface area contributed by atoms with Gasteiger partial charge < -0.3 is 4.42 Å². The molecule has 5 aromatic rings. The standard InChI is InChI=1S/C21H11ClN4O4S/c22-13-5-3-4-12(10-13)19-23-21-25(24-19)20(27)18(31-21)11-14-8-9-17(30-14)15-6-1-2-7-16(15)26(28)29/h1-11H/b18-11-. The fourth-order valence-electron chi connectivity index (χ4n) is 3.13. The average molecular weight is 451 g/mol. The number of benzene rings is 2. The van der Waals surface area contributed by atoms with Crippen molar-refractivity contribution in [2.45, 2.75) is 0 Å². The zero-order chi connectivity index (χ0) is 21.5. The summed E-state index contributed by atoms with van der Waals surface area (Å²) in [6.45, 7) is 0. The van der Waals surface area contributed by atoms with Gasteiger partial charge >= 0.3 is 0 Å². The molecule has 0 aliphatic heterocycles. The number of thiazole rings is 1. The van der Waals surface area contributed by atoms with Gasteiger partial charge in [0.15, 0.2) is 5.82 Å². The van der Waals surface area contributed by atoms with Gasteiger partial charge in [-0.15, -0.1) is 5.10 Å². The fourth-order valence-corrected chi connectivity index (χ4v) is 4.21. The highest BCUT2D eigenvalue weighted by Crippen LogP contribution is 2.31. The Morgan fingerprint density at radius 2 is 1.97 bits per heavy atom. The van der Waals surface area contributed by atoms with Crippen LogP contribution < -0.4 is 10.1 Å². The van der Waals surface area contributed by atoms with Crippen molar-refractivity contribution < 1.29 is 9.34 Å². The molecule has 0 radical (unpaired) electrons. The van der Waals surface area contributed by atoms with Crippen LogP contribution >= 0.6 is 22.9 Å². The number of nitro benzene ring substituents is 1. The number of halogens is 1. The average Bonchev–Trinajstić information content (AvgIpc) is 3.46. The number of furan rings is 1. The van der Waals surface area contributed by atoms with Crippen LogP contribution in [0.4, 0.5) is 5.69 Å². The van der Waals surface area contributed by atoms with Crippen LogP contribution in [0.3, 0.4) is 0 Å². The summed E-state index contributed by atoms with van der Waals surface area (Å²) in [7, 11) is 0. The molecule has 10 heteroatoms. The van der Waals surface area contributed by atoms with Crippen LogP contribution in [0, 0.1) is 10.1 Å². The van der Waals surface area contributed by atoms with Crippen LogP contribution in [0.1, 0.15) is 5.76 Å². The van der Waals surface area contributed by atoms with Crippen LogP contribution in [0.15, 0.2) is 69.9 Å². The third-order valence-electron chi connectivity index (χ3n) is 4.53. The Morgan fingerprint density at radius 1 is 1.13 bits per heavy atom. The van der Waals surface area contributed by atoms with Crippen molar-refractivity contribution in [3.05, 3.63) is 96.4 Å². The first kappa shape index (κ1) is 19.2. The molecule has 0 N–H and O–H groups in total. The van der Waals surface area contributed by atoms with Crippen molar-refractivity contribution in [2.24, 2.45) is 0 Å². The molecule has 0 amide bonds. The van der Waals surface area contributed by atoms with Crippen LogP contribution in [-0.4, -0.2) is 19.5 Å².